The second-order valence-electron chi connectivity index (χ2n) is 13.4. The van der Waals surface area contributed by atoms with Crippen molar-refractivity contribution in [3.63, 3.8) is 0 Å². The summed E-state index contributed by atoms with van der Waals surface area (Å²) in [6.07, 6.45) is 9.31. The number of carboxylic acid groups (broad SMARTS) is 1. The number of aliphatic carboxylic acids is 1. The van der Waals surface area contributed by atoms with Crippen LogP contribution in [0.25, 0.3) is 11.1 Å². The molecule has 0 saturated heterocycles. The quantitative estimate of drug-likeness (QED) is 0.230. The van der Waals surface area contributed by atoms with Crippen molar-refractivity contribution in [2.24, 2.45) is 10.8 Å². The zero-order valence-corrected chi connectivity index (χ0v) is 30.2. The van der Waals surface area contributed by atoms with Crippen molar-refractivity contribution in [1.29, 1.82) is 0 Å². The number of carboxylic acids is 1. The average Bonchev–Trinajstić information content (AvgIpc) is 3.79. The number of rotatable bonds is 9. The normalized spacial score (nSPS) is 22.6. The van der Waals surface area contributed by atoms with Gasteiger partial charge in [-0.15, -0.1) is 0 Å². The number of ether oxygens (including phenoxy) is 2. The van der Waals surface area contributed by atoms with E-state index in [2.05, 4.69) is 18.8 Å². The number of hydrogen-bond donors (Lipinski definition) is 1. The first kappa shape index (κ1) is 34.8. The number of fused-ring (bicyclic) bond motifs is 6. The Hall–Kier alpha value is -3.63. The number of benzene rings is 2. The van der Waals surface area contributed by atoms with E-state index < -0.39 is 24.6 Å². The van der Waals surface area contributed by atoms with E-state index in [0.717, 1.165) is 45.2 Å². The van der Waals surface area contributed by atoms with Crippen LogP contribution in [0.5, 0.6) is 11.5 Å². The van der Waals surface area contributed by atoms with Crippen molar-refractivity contribution >= 4 is 81.0 Å². The predicted molar refractivity (Wildman–Crippen MR) is 190 cm³/mol. The first-order valence-electron chi connectivity index (χ1n) is 16.4. The summed E-state index contributed by atoms with van der Waals surface area (Å²) < 4.78 is 12.9. The summed E-state index contributed by atoms with van der Waals surface area (Å²) in [7, 11) is 0. The number of halogens is 4. The summed E-state index contributed by atoms with van der Waals surface area (Å²) in [5.74, 6) is -2.00. The topological polar surface area (TPSA) is 125 Å². The van der Waals surface area contributed by atoms with Gasteiger partial charge in [-0.05, 0) is 85.1 Å². The van der Waals surface area contributed by atoms with Crippen LogP contribution in [0.3, 0.4) is 0 Å². The summed E-state index contributed by atoms with van der Waals surface area (Å²) in [6, 6.07) is 3.41. The van der Waals surface area contributed by atoms with Crippen molar-refractivity contribution in [2.45, 2.75) is 71.3 Å². The lowest BCUT2D eigenvalue weighted by molar-refractivity contribution is -0.145. The molecule has 0 fully saturated rings. The molecule has 4 aliphatic carbocycles. The molecule has 9 nitrogen and oxygen atoms in total. The van der Waals surface area contributed by atoms with Gasteiger partial charge in [0, 0.05) is 47.2 Å². The van der Waals surface area contributed by atoms with Gasteiger partial charge in [-0.1, -0.05) is 60.3 Å². The molecule has 260 valence electrons. The molecule has 0 radical (unpaired) electrons. The van der Waals surface area contributed by atoms with Gasteiger partial charge in [-0.2, -0.15) is 0 Å². The molecule has 3 unspecified atom stereocenters. The van der Waals surface area contributed by atoms with Crippen LogP contribution in [0.2, 0.25) is 20.1 Å². The highest BCUT2D eigenvalue weighted by Gasteiger charge is 2.46. The third-order valence-electron chi connectivity index (χ3n) is 10.9. The Morgan fingerprint density at radius 1 is 0.860 bits per heavy atom. The maximum absolute atomic E-state index is 13.5. The number of allylic oxidation sites excluding steroid dienone is 4. The number of carbonyl (C=O) groups is 4. The monoisotopic (exact) mass is 756 g/mol. The Kier molecular flexibility index (Phi) is 8.94. The van der Waals surface area contributed by atoms with E-state index in [9.17, 15) is 24.3 Å². The largest absolute Gasteiger partial charge is 0.482 e. The van der Waals surface area contributed by atoms with Gasteiger partial charge >= 0.3 is 5.97 Å². The second kappa shape index (κ2) is 12.9. The highest BCUT2D eigenvalue weighted by atomic mass is 35.5. The molecule has 0 amide bonds. The summed E-state index contributed by atoms with van der Waals surface area (Å²) in [6.45, 7) is 3.62. The van der Waals surface area contributed by atoms with Crippen molar-refractivity contribution in [3.8, 4) is 11.5 Å². The number of hydrogen-bond acceptors (Lipinski definition) is 7. The molecule has 3 atom stereocenters. The average molecular weight is 758 g/mol. The zero-order valence-electron chi connectivity index (χ0n) is 27.2. The minimum atomic E-state index is -1.74. The van der Waals surface area contributed by atoms with Crippen LogP contribution in [0.4, 0.5) is 0 Å². The van der Waals surface area contributed by atoms with E-state index >= 15 is 0 Å². The molecule has 7 rings (SSSR count). The van der Waals surface area contributed by atoms with Gasteiger partial charge in [0.25, 0.3) is 12.0 Å². The van der Waals surface area contributed by atoms with Gasteiger partial charge in [-0.3, -0.25) is 19.0 Å². The molecule has 0 saturated carbocycles. The Balaban J connectivity index is 1.14. The fourth-order valence-corrected chi connectivity index (χ4v) is 9.18. The molecular formula is C37H32Cl4N2O7. The Labute approximate surface area is 308 Å². The fourth-order valence-electron chi connectivity index (χ4n) is 8.15. The first-order chi connectivity index (χ1) is 23.8. The van der Waals surface area contributed by atoms with E-state index in [1.165, 1.54) is 12.4 Å². The van der Waals surface area contributed by atoms with Gasteiger partial charge in [-0.25, -0.2) is 9.78 Å². The van der Waals surface area contributed by atoms with Gasteiger partial charge in [0.05, 0.1) is 10.0 Å². The van der Waals surface area contributed by atoms with Crippen LogP contribution in [-0.4, -0.2) is 44.7 Å². The molecule has 0 spiro atoms. The SMILES string of the molecule is CCC12CCC(=O)C=C1c1c(cc(OCC(=O)n3ccnc3C(Oc3cc4c(c(Cl)c3Cl)C3=CC(=O)CCC3(CC)C4)C(=O)O)c(Cl)c1Cl)C2. The fraction of sp³-hybridized carbons (Fsp3) is 0.378. The summed E-state index contributed by atoms with van der Waals surface area (Å²) >= 11 is 26.9. The molecular weight excluding hydrogens is 726 g/mol. The highest BCUT2D eigenvalue weighted by molar-refractivity contribution is 6.45. The number of nitrogens with zero attached hydrogens (tertiary/aromatic N) is 2. The Bertz CT molecular complexity index is 2090. The molecule has 50 heavy (non-hydrogen) atoms. The van der Waals surface area contributed by atoms with Crippen LogP contribution in [0, 0.1) is 10.8 Å². The van der Waals surface area contributed by atoms with Gasteiger partial charge in [0.2, 0.25) is 0 Å². The molecule has 3 aromatic rings. The third kappa shape index (κ3) is 5.48. The molecule has 0 bridgehead atoms. The minimum Gasteiger partial charge on any atom is -0.482 e. The Morgan fingerprint density at radius 3 is 1.90 bits per heavy atom. The highest BCUT2D eigenvalue weighted by Crippen LogP contribution is 2.59. The lowest BCUT2D eigenvalue weighted by Gasteiger charge is -2.32. The van der Waals surface area contributed by atoms with Crippen LogP contribution in [0.15, 0.2) is 36.7 Å². The minimum absolute atomic E-state index is 0.0109. The predicted octanol–water partition coefficient (Wildman–Crippen LogP) is 8.82. The molecule has 13 heteroatoms. The Morgan fingerprint density at radius 2 is 1.38 bits per heavy atom. The number of carbonyl (C=O) groups excluding carboxylic acids is 3. The van der Waals surface area contributed by atoms with Crippen molar-refractivity contribution < 1.29 is 33.8 Å². The summed E-state index contributed by atoms with van der Waals surface area (Å²) in [5.41, 5.74) is 4.35. The van der Waals surface area contributed by atoms with Crippen molar-refractivity contribution in [3.05, 3.63) is 84.8 Å². The van der Waals surface area contributed by atoms with E-state index in [4.69, 9.17) is 55.9 Å². The molecule has 2 aromatic carbocycles. The molecule has 1 N–H and O–H groups in total. The van der Waals surface area contributed by atoms with Crippen LogP contribution in [-0.2, 0) is 27.2 Å². The standard InChI is InChI=1S/C37H32Cl4N2O7/c1-3-36-7-5-20(44)13-22(36)27-18(15-36)11-24(29(38)31(27)40)49-17-26(46)43-10-9-42-34(43)33(35(47)48)50-25-12-19-16-37(4-2)8-6-21(45)14-23(37)28(19)32(41)30(25)39/h9-14,33H,3-8,15-17H2,1-2H3,(H,47,48). The van der Waals surface area contributed by atoms with Crippen LogP contribution in [0.1, 0.15) is 91.3 Å². The molecule has 1 heterocycles. The third-order valence-corrected chi connectivity index (χ3v) is 12.6. The van der Waals surface area contributed by atoms with E-state index in [-0.39, 0.29) is 59.8 Å². The smallest absolute Gasteiger partial charge is 0.352 e. The lowest BCUT2D eigenvalue weighted by atomic mass is 9.71. The summed E-state index contributed by atoms with van der Waals surface area (Å²) in [4.78, 5) is 54.9. The van der Waals surface area contributed by atoms with Crippen LogP contribution < -0.4 is 9.47 Å². The lowest BCUT2D eigenvalue weighted by Crippen LogP contribution is -2.27. The maximum Gasteiger partial charge on any atom is 0.352 e. The van der Waals surface area contributed by atoms with Crippen molar-refractivity contribution in [2.75, 3.05) is 6.61 Å². The molecule has 1 aromatic heterocycles. The van der Waals surface area contributed by atoms with Gasteiger partial charge in [0.1, 0.15) is 21.5 Å². The molecule has 0 aliphatic heterocycles. The summed E-state index contributed by atoms with van der Waals surface area (Å²) in [5, 5.41) is 10.8. The van der Waals surface area contributed by atoms with Gasteiger partial charge < -0.3 is 14.6 Å². The molecule has 4 aliphatic rings. The first-order valence-corrected chi connectivity index (χ1v) is 18.0. The number of aromatic nitrogens is 2. The van der Waals surface area contributed by atoms with E-state index in [1.807, 2.05) is 0 Å². The van der Waals surface area contributed by atoms with Crippen molar-refractivity contribution in [1.82, 2.24) is 9.55 Å². The van der Waals surface area contributed by atoms with E-state index in [0.29, 0.717) is 44.1 Å². The number of ketones is 2. The van der Waals surface area contributed by atoms with E-state index in [1.54, 1.807) is 24.3 Å². The second-order valence-corrected chi connectivity index (χ2v) is 14.9. The number of imidazole rings is 1. The van der Waals surface area contributed by atoms with Gasteiger partial charge in [0.15, 0.2) is 24.0 Å². The zero-order chi connectivity index (χ0) is 35.7. The van der Waals surface area contributed by atoms with Crippen LogP contribution >= 0.6 is 46.4 Å². The maximum atomic E-state index is 13.5.